The Hall–Kier alpha value is -2.18. The average molecular weight is 418 g/mol. The van der Waals surface area contributed by atoms with Crippen molar-refractivity contribution in [2.75, 3.05) is 26.2 Å². The van der Waals surface area contributed by atoms with Crippen LogP contribution in [0.3, 0.4) is 0 Å². The van der Waals surface area contributed by atoms with Crippen LogP contribution in [0.5, 0.6) is 0 Å². The Kier molecular flexibility index (Phi) is 10.4. The second-order valence-electron chi connectivity index (χ2n) is 6.14. The Balaban J connectivity index is 0.00000364. The quantitative estimate of drug-likeness (QED) is 0.457. The average Bonchev–Trinajstić information content (AvgIpc) is 2.60. The summed E-state index contributed by atoms with van der Waals surface area (Å²) in [6, 6.07) is 19.1. The Labute approximate surface area is 169 Å². The van der Waals surface area contributed by atoms with Crippen molar-refractivity contribution in [1.82, 2.24) is 9.80 Å². The summed E-state index contributed by atoms with van der Waals surface area (Å²) in [4.78, 5) is 25.6. The Morgan fingerprint density at radius 2 is 1.00 bits per heavy atom. The number of benzene rings is 2. The molecule has 6 nitrogen and oxygen atoms in total. The molecule has 7 heteroatoms. The van der Waals surface area contributed by atoms with Gasteiger partial charge in [0.1, 0.15) is 0 Å². The first-order valence-corrected chi connectivity index (χ1v) is 8.45. The van der Waals surface area contributed by atoms with E-state index in [0.29, 0.717) is 26.2 Å². The van der Waals surface area contributed by atoms with E-state index in [4.69, 9.17) is 0 Å². The van der Waals surface area contributed by atoms with Crippen LogP contribution < -0.4 is 10.2 Å². The monoisotopic (exact) mass is 417 g/mol. The van der Waals surface area contributed by atoms with E-state index in [-0.39, 0.29) is 30.2 Å². The van der Waals surface area contributed by atoms with Crippen molar-refractivity contribution in [3.8, 4) is 0 Å². The summed E-state index contributed by atoms with van der Waals surface area (Å²) < 4.78 is 0. The smallest absolute Gasteiger partial charge is 0.549 e. The van der Waals surface area contributed by atoms with Crippen molar-refractivity contribution in [2.45, 2.75) is 13.1 Å². The van der Waals surface area contributed by atoms with Crippen LogP contribution in [0.15, 0.2) is 60.7 Å². The molecule has 0 aliphatic carbocycles. The van der Waals surface area contributed by atoms with E-state index >= 15 is 0 Å². The first kappa shape index (κ1) is 22.9. The van der Waals surface area contributed by atoms with Gasteiger partial charge in [0, 0.05) is 39.3 Å². The second-order valence-corrected chi connectivity index (χ2v) is 6.14. The van der Waals surface area contributed by atoms with Gasteiger partial charge in [-0.3, -0.25) is 9.80 Å². The summed E-state index contributed by atoms with van der Waals surface area (Å²) in [5.41, 5.74) is 1.98. The minimum absolute atomic E-state index is 0. The summed E-state index contributed by atoms with van der Waals surface area (Å²) in [5, 5.41) is 22.1. The van der Waals surface area contributed by atoms with Gasteiger partial charge in [0.25, 0.3) is 0 Å². The molecular formula is C20H22CuN2O4. The summed E-state index contributed by atoms with van der Waals surface area (Å²) in [5.74, 6) is -2.31. The van der Waals surface area contributed by atoms with Crippen LogP contribution in [0.4, 0.5) is 0 Å². The zero-order valence-electron chi connectivity index (χ0n) is 14.8. The summed E-state index contributed by atoms with van der Waals surface area (Å²) in [7, 11) is 0. The number of carbonyl (C=O) groups is 2. The number of carboxylic acids is 2. The summed E-state index contributed by atoms with van der Waals surface area (Å²) >= 11 is 0. The van der Waals surface area contributed by atoms with Crippen molar-refractivity contribution >= 4 is 11.9 Å². The molecule has 0 fully saturated rings. The number of hydrogen-bond acceptors (Lipinski definition) is 6. The molecule has 0 amide bonds. The molecule has 0 aliphatic heterocycles. The number of aliphatic carboxylic acids is 2. The number of carbonyl (C=O) groups excluding carboxylic acids is 2. The fraction of sp³-hybridized carbons (Fsp3) is 0.300. The molecule has 0 spiro atoms. The molecule has 0 heterocycles. The third-order valence-electron chi connectivity index (χ3n) is 3.94. The van der Waals surface area contributed by atoms with Gasteiger partial charge in [-0.05, 0) is 11.1 Å². The first-order chi connectivity index (χ1) is 12.5. The molecule has 1 radical (unpaired) electrons. The molecule has 0 unspecified atom stereocenters. The molecule has 0 N–H and O–H groups in total. The third kappa shape index (κ3) is 9.35. The predicted molar refractivity (Wildman–Crippen MR) is 93.5 cm³/mol. The van der Waals surface area contributed by atoms with Crippen LogP contribution in [-0.2, 0) is 39.7 Å². The van der Waals surface area contributed by atoms with Crippen LogP contribution >= 0.6 is 0 Å². The predicted octanol–water partition coefficient (Wildman–Crippen LogP) is -0.512. The molecule has 0 saturated carbocycles. The van der Waals surface area contributed by atoms with E-state index in [1.165, 1.54) is 0 Å². The summed E-state index contributed by atoms with van der Waals surface area (Å²) in [6.45, 7) is 1.31. The molecule has 2 rings (SSSR count). The van der Waals surface area contributed by atoms with Gasteiger partial charge < -0.3 is 19.8 Å². The van der Waals surface area contributed by atoms with Crippen LogP contribution in [0.2, 0.25) is 0 Å². The fourth-order valence-electron chi connectivity index (χ4n) is 2.76. The number of hydrogen-bond donors (Lipinski definition) is 0. The molecule has 0 bridgehead atoms. The van der Waals surface area contributed by atoms with Gasteiger partial charge >= 0.3 is 17.1 Å². The van der Waals surface area contributed by atoms with Crippen LogP contribution in [0, 0.1) is 0 Å². The van der Waals surface area contributed by atoms with E-state index in [1.807, 2.05) is 60.7 Å². The van der Waals surface area contributed by atoms with E-state index in [9.17, 15) is 19.8 Å². The van der Waals surface area contributed by atoms with E-state index < -0.39 is 11.9 Å². The zero-order valence-corrected chi connectivity index (χ0v) is 15.8. The van der Waals surface area contributed by atoms with Gasteiger partial charge in [-0.25, -0.2) is 0 Å². The molecule has 147 valence electrons. The number of carboxylic acid groups (broad SMARTS) is 2. The molecule has 0 aromatic heterocycles. The van der Waals surface area contributed by atoms with Gasteiger partial charge in [-0.1, -0.05) is 60.7 Å². The Morgan fingerprint density at radius 3 is 1.30 bits per heavy atom. The standard InChI is InChI=1S/C20H24N2O4.Cu/c23-19(24)15-21(13-17-7-3-1-4-8-17)11-12-22(16-20(25)26)14-18-9-5-2-6-10-18;/h1-10H,11-16H2,(H,23,24)(H,25,26);/q;+2/p-2. The molecule has 0 saturated heterocycles. The van der Waals surface area contributed by atoms with Crippen molar-refractivity contribution in [2.24, 2.45) is 0 Å². The van der Waals surface area contributed by atoms with E-state index in [2.05, 4.69) is 0 Å². The third-order valence-corrected chi connectivity index (χ3v) is 3.94. The number of nitrogens with zero attached hydrogens (tertiary/aromatic N) is 2. The summed E-state index contributed by atoms with van der Waals surface area (Å²) in [6.07, 6.45) is 0. The molecular weight excluding hydrogens is 396 g/mol. The van der Waals surface area contributed by atoms with Crippen molar-refractivity contribution < 1.29 is 36.9 Å². The van der Waals surface area contributed by atoms with Gasteiger partial charge in [0.05, 0.1) is 11.9 Å². The number of rotatable bonds is 11. The van der Waals surface area contributed by atoms with Crippen LogP contribution in [0.25, 0.3) is 0 Å². The van der Waals surface area contributed by atoms with E-state index in [1.54, 1.807) is 9.80 Å². The minimum atomic E-state index is -1.16. The molecule has 2 aromatic carbocycles. The second kappa shape index (κ2) is 12.3. The van der Waals surface area contributed by atoms with Crippen molar-refractivity contribution in [1.29, 1.82) is 0 Å². The molecule has 0 aliphatic rings. The molecule has 2 aromatic rings. The van der Waals surface area contributed by atoms with Crippen molar-refractivity contribution in [3.63, 3.8) is 0 Å². The maximum absolute atomic E-state index is 11.0. The molecule has 0 atom stereocenters. The van der Waals surface area contributed by atoms with Gasteiger partial charge in [0.15, 0.2) is 0 Å². The normalized spacial score (nSPS) is 10.6. The first-order valence-electron chi connectivity index (χ1n) is 8.45. The largest absolute Gasteiger partial charge is 2.00 e. The Morgan fingerprint density at radius 1 is 0.667 bits per heavy atom. The van der Waals surface area contributed by atoms with Crippen LogP contribution in [-0.4, -0.2) is 47.9 Å². The maximum Gasteiger partial charge on any atom is 2.00 e. The van der Waals surface area contributed by atoms with Crippen molar-refractivity contribution in [3.05, 3.63) is 71.8 Å². The minimum Gasteiger partial charge on any atom is -0.549 e. The van der Waals surface area contributed by atoms with Crippen LogP contribution in [0.1, 0.15) is 11.1 Å². The maximum atomic E-state index is 11.0. The van der Waals surface area contributed by atoms with Gasteiger partial charge in [-0.15, -0.1) is 0 Å². The fourth-order valence-corrected chi connectivity index (χ4v) is 2.76. The topological polar surface area (TPSA) is 86.7 Å². The van der Waals surface area contributed by atoms with Gasteiger partial charge in [0.2, 0.25) is 0 Å². The SMILES string of the molecule is O=C([O-])CN(CCN(CC(=O)[O-])Cc1ccccc1)Cc1ccccc1.[Cu+2]. The zero-order chi connectivity index (χ0) is 18.8. The van der Waals surface area contributed by atoms with E-state index in [0.717, 1.165) is 11.1 Å². The van der Waals surface area contributed by atoms with Gasteiger partial charge in [-0.2, -0.15) is 0 Å². The molecule has 27 heavy (non-hydrogen) atoms. The Bertz CT molecular complexity index is 636.